The van der Waals surface area contributed by atoms with Crippen LogP contribution in [0.1, 0.15) is 54.0 Å². The highest BCUT2D eigenvalue weighted by molar-refractivity contribution is 6.74. The summed E-state index contributed by atoms with van der Waals surface area (Å²) in [4.78, 5) is 0. The summed E-state index contributed by atoms with van der Waals surface area (Å²) in [7, 11) is -2.17. The zero-order valence-electron chi connectivity index (χ0n) is 15.5. The molecule has 0 saturated carbocycles. The summed E-state index contributed by atoms with van der Waals surface area (Å²) in [5.74, 6) is -3.70. The normalized spacial score (nSPS) is 15.8. The Balaban J connectivity index is 3.21. The fraction of sp³-hybridized carbons (Fsp3) is 0.667. The number of hydrogen-bond donors (Lipinski definition) is 0. The molecule has 0 spiro atoms. The first-order valence-corrected chi connectivity index (χ1v) is 10.7. The summed E-state index contributed by atoms with van der Waals surface area (Å²) in [6, 6.07) is 2.90. The van der Waals surface area contributed by atoms with Gasteiger partial charge in [0.05, 0.1) is 0 Å². The summed E-state index contributed by atoms with van der Waals surface area (Å²) >= 11 is 0. The Bertz CT molecular complexity index is 541. The molecule has 0 amide bonds. The van der Waals surface area contributed by atoms with Gasteiger partial charge in [0.15, 0.2) is 25.8 Å². The molecule has 1 atom stereocenters. The van der Waals surface area contributed by atoms with Crippen molar-refractivity contribution in [1.29, 1.82) is 0 Å². The highest BCUT2D eigenvalue weighted by Crippen LogP contribution is 2.40. The van der Waals surface area contributed by atoms with E-state index < -0.39 is 31.2 Å². The van der Waals surface area contributed by atoms with E-state index in [1.54, 1.807) is 0 Å². The zero-order chi connectivity index (χ0) is 18.2. The Kier molecular flexibility index (Phi) is 5.80. The van der Waals surface area contributed by atoms with Gasteiger partial charge in [0.1, 0.15) is 0 Å². The van der Waals surface area contributed by atoms with E-state index >= 15 is 0 Å². The summed E-state index contributed by atoms with van der Waals surface area (Å²) in [5, 5.41) is 0. The van der Waals surface area contributed by atoms with Crippen LogP contribution in [0.2, 0.25) is 18.1 Å². The molecular weight excluding hydrogens is 317 g/mol. The predicted molar refractivity (Wildman–Crippen MR) is 91.7 cm³/mol. The van der Waals surface area contributed by atoms with Gasteiger partial charge in [0.25, 0.3) is 0 Å². The van der Waals surface area contributed by atoms with Gasteiger partial charge in [-0.3, -0.25) is 0 Å². The topological polar surface area (TPSA) is 9.23 Å². The van der Waals surface area contributed by atoms with Gasteiger partial charge in [-0.1, -0.05) is 27.7 Å². The van der Waals surface area contributed by atoms with Gasteiger partial charge in [-0.05, 0) is 62.0 Å². The second-order valence-electron chi connectivity index (χ2n) is 8.50. The second kappa shape index (κ2) is 6.59. The molecule has 1 aromatic carbocycles. The Hall–Kier alpha value is -0.813. The van der Waals surface area contributed by atoms with E-state index in [2.05, 4.69) is 20.4 Å². The molecular formula is C18H29F3OSi. The molecule has 5 heteroatoms. The summed E-state index contributed by atoms with van der Waals surface area (Å²) in [5.41, 5.74) is 0.0221. The average Bonchev–Trinajstić information content (AvgIpc) is 2.31. The van der Waals surface area contributed by atoms with Crippen molar-refractivity contribution in [3.63, 3.8) is 0 Å². The molecule has 0 aliphatic carbocycles. The van der Waals surface area contributed by atoms with Crippen molar-refractivity contribution < 1.29 is 17.6 Å². The third-order valence-electron chi connectivity index (χ3n) is 4.32. The number of halogens is 3. The number of benzene rings is 1. The van der Waals surface area contributed by atoms with Crippen LogP contribution >= 0.6 is 0 Å². The molecule has 0 radical (unpaired) electrons. The zero-order valence-corrected chi connectivity index (χ0v) is 16.5. The van der Waals surface area contributed by atoms with Gasteiger partial charge >= 0.3 is 0 Å². The van der Waals surface area contributed by atoms with Crippen LogP contribution in [-0.2, 0) is 9.84 Å². The first-order valence-electron chi connectivity index (χ1n) is 8.03. The standard InChI is InChI=1S/C18H29F3OSi/c1-12(2)23(8,22-17(3,4)5)11-18(6,7)13-9-14(19)16(21)15(20)10-13/h9-10,12H,11H2,1-8H3. The smallest absolute Gasteiger partial charge is 0.194 e. The lowest BCUT2D eigenvalue weighted by molar-refractivity contribution is 0.112. The summed E-state index contributed by atoms with van der Waals surface area (Å²) < 4.78 is 46.8. The minimum absolute atomic E-state index is 0.277. The average molecular weight is 347 g/mol. The Labute approximate surface area is 139 Å². The van der Waals surface area contributed by atoms with Crippen LogP contribution in [0.5, 0.6) is 0 Å². The maximum absolute atomic E-state index is 13.6. The van der Waals surface area contributed by atoms with Crippen molar-refractivity contribution >= 4 is 8.32 Å². The lowest BCUT2D eigenvalue weighted by atomic mass is 9.86. The molecule has 0 aromatic heterocycles. The molecule has 1 unspecified atom stereocenters. The van der Waals surface area contributed by atoms with Gasteiger partial charge in [-0.25, -0.2) is 13.2 Å². The Morgan fingerprint density at radius 1 is 1.00 bits per heavy atom. The molecule has 23 heavy (non-hydrogen) atoms. The SMILES string of the molecule is CC(C)[Si](C)(CC(C)(C)c1cc(F)c(F)c(F)c1)OC(C)(C)C. The first kappa shape index (κ1) is 20.2. The summed E-state index contributed by atoms with van der Waals surface area (Å²) in [6.45, 7) is 16.3. The van der Waals surface area contributed by atoms with Crippen LogP contribution in [-0.4, -0.2) is 13.9 Å². The monoisotopic (exact) mass is 346 g/mol. The van der Waals surface area contributed by atoms with Gasteiger partial charge in [-0.15, -0.1) is 0 Å². The van der Waals surface area contributed by atoms with E-state index in [4.69, 9.17) is 4.43 Å². The molecule has 0 N–H and O–H groups in total. The van der Waals surface area contributed by atoms with E-state index in [0.29, 0.717) is 17.1 Å². The van der Waals surface area contributed by atoms with Crippen LogP contribution in [0.15, 0.2) is 12.1 Å². The van der Waals surface area contributed by atoms with Crippen molar-refractivity contribution in [3.8, 4) is 0 Å². The minimum Gasteiger partial charge on any atom is -0.412 e. The molecule has 1 nitrogen and oxygen atoms in total. The molecule has 0 heterocycles. The van der Waals surface area contributed by atoms with Crippen molar-refractivity contribution in [1.82, 2.24) is 0 Å². The lowest BCUT2D eigenvalue weighted by Crippen LogP contribution is -2.48. The highest BCUT2D eigenvalue weighted by Gasteiger charge is 2.42. The van der Waals surface area contributed by atoms with E-state index in [0.717, 1.165) is 12.1 Å². The molecule has 1 aromatic rings. The molecule has 0 aliphatic rings. The van der Waals surface area contributed by atoms with Gasteiger partial charge < -0.3 is 4.43 Å². The van der Waals surface area contributed by atoms with Gasteiger partial charge in [0, 0.05) is 5.60 Å². The number of hydrogen-bond acceptors (Lipinski definition) is 1. The fourth-order valence-corrected chi connectivity index (χ4v) is 7.06. The van der Waals surface area contributed by atoms with Crippen molar-refractivity contribution in [2.24, 2.45) is 0 Å². The summed E-state index contributed by atoms with van der Waals surface area (Å²) in [6.07, 6.45) is 0. The molecule has 0 bridgehead atoms. The molecule has 132 valence electrons. The van der Waals surface area contributed by atoms with Crippen molar-refractivity contribution in [3.05, 3.63) is 35.1 Å². The fourth-order valence-electron chi connectivity index (χ4n) is 2.98. The van der Waals surface area contributed by atoms with Crippen LogP contribution in [0.4, 0.5) is 13.2 Å². The molecule has 0 aliphatic heterocycles. The number of rotatable bonds is 5. The maximum atomic E-state index is 13.6. The van der Waals surface area contributed by atoms with Crippen LogP contribution < -0.4 is 0 Å². The third kappa shape index (κ3) is 5.08. The second-order valence-corrected chi connectivity index (χ2v) is 12.8. The Morgan fingerprint density at radius 2 is 1.43 bits per heavy atom. The first-order chi connectivity index (χ1) is 10.2. The van der Waals surface area contributed by atoms with E-state index in [1.165, 1.54) is 0 Å². The van der Waals surface area contributed by atoms with Gasteiger partial charge in [-0.2, -0.15) is 0 Å². The van der Waals surface area contributed by atoms with Crippen LogP contribution in [0.3, 0.4) is 0 Å². The quantitative estimate of drug-likeness (QED) is 0.457. The van der Waals surface area contributed by atoms with Crippen LogP contribution in [0.25, 0.3) is 0 Å². The van der Waals surface area contributed by atoms with E-state index in [1.807, 2.05) is 34.6 Å². The highest BCUT2D eigenvalue weighted by atomic mass is 28.4. The molecule has 1 rings (SSSR count). The van der Waals surface area contributed by atoms with Crippen molar-refractivity contribution in [2.45, 2.75) is 77.6 Å². The molecule has 0 fully saturated rings. The van der Waals surface area contributed by atoms with Crippen LogP contribution in [0, 0.1) is 17.5 Å². The van der Waals surface area contributed by atoms with E-state index in [-0.39, 0.29) is 5.60 Å². The lowest BCUT2D eigenvalue weighted by Gasteiger charge is -2.42. The van der Waals surface area contributed by atoms with E-state index in [9.17, 15) is 13.2 Å². The third-order valence-corrected chi connectivity index (χ3v) is 9.43. The van der Waals surface area contributed by atoms with Crippen molar-refractivity contribution in [2.75, 3.05) is 0 Å². The largest absolute Gasteiger partial charge is 0.412 e. The maximum Gasteiger partial charge on any atom is 0.194 e. The van der Waals surface area contributed by atoms with Gasteiger partial charge in [0.2, 0.25) is 0 Å². The predicted octanol–water partition coefficient (Wildman–Crippen LogP) is 6.18. The molecule has 0 saturated heterocycles. The minimum atomic E-state index is -2.17. The Morgan fingerprint density at radius 3 is 1.78 bits per heavy atom.